The van der Waals surface area contributed by atoms with Crippen LogP contribution in [0.25, 0.3) is 22.3 Å². The molecule has 8 rings (SSSR count). The maximum absolute atomic E-state index is 13.8. The lowest BCUT2D eigenvalue weighted by atomic mass is 9.54. The number of aromatic nitrogens is 8. The highest BCUT2D eigenvalue weighted by molar-refractivity contribution is 8.44. The van der Waals surface area contributed by atoms with Crippen LogP contribution < -0.4 is 11.5 Å². The monoisotopic (exact) mass is 730 g/mol. The smallest absolute Gasteiger partial charge is 0.386 e. The molecule has 4 fully saturated rings. The van der Waals surface area contributed by atoms with Crippen molar-refractivity contribution in [3.05, 3.63) is 25.3 Å². The van der Waals surface area contributed by atoms with Crippen LogP contribution in [0.1, 0.15) is 25.8 Å². The highest BCUT2D eigenvalue weighted by atomic mass is 32.7. The summed E-state index contributed by atoms with van der Waals surface area (Å²) in [6, 6.07) is 0. The average molecular weight is 731 g/mol. The van der Waals surface area contributed by atoms with E-state index in [-0.39, 0.29) is 41.4 Å². The van der Waals surface area contributed by atoms with Gasteiger partial charge >= 0.3 is 13.6 Å². The predicted octanol–water partition coefficient (Wildman–Crippen LogP) is 1.02. The Morgan fingerprint density at radius 3 is 2.19 bits per heavy atom. The SMILES string of the molecule is C[C@@]12C[C@]3(CO[P@@](=O)(S)O[C@@H]4[C@H](O)[C@@H](CO[P@@](=O)(O)S)O[C@H]4n4cnc5c(N)ncnc54)O[C@@H](n4cnc5c(N)ncnc54)[C@H](O1)[C@@H]32. The summed E-state index contributed by atoms with van der Waals surface area (Å²) in [5, 5.41) is 11.2. The zero-order valence-electron chi connectivity index (χ0n) is 24.2. The van der Waals surface area contributed by atoms with E-state index in [2.05, 4.69) is 54.4 Å². The maximum atomic E-state index is 13.8. The molecular weight excluding hydrogens is 702 g/mol. The molecule has 3 aliphatic heterocycles. The summed E-state index contributed by atoms with van der Waals surface area (Å²) < 4.78 is 63.9. The molecule has 1 aliphatic carbocycles. The Balaban J connectivity index is 1.03. The number of hydrogen-bond acceptors (Lipinski definition) is 17. The third kappa shape index (κ3) is 5.09. The molecule has 6 N–H and O–H groups in total. The number of nitrogens with two attached hydrogens (primary N) is 2. The zero-order chi connectivity index (χ0) is 33.1. The third-order valence-corrected chi connectivity index (χ3v) is 11.4. The van der Waals surface area contributed by atoms with Crippen LogP contribution in [0.5, 0.6) is 0 Å². The first-order valence-electron chi connectivity index (χ1n) is 14.1. The number of nitrogen functional groups attached to an aromatic ring is 2. The molecule has 0 spiro atoms. The molecule has 0 radical (unpaired) electrons. The summed E-state index contributed by atoms with van der Waals surface area (Å²) in [5.41, 5.74) is 11.8. The largest absolute Gasteiger partial charge is 0.387 e. The number of hydrogen-bond donors (Lipinski definition) is 6. The molecule has 3 saturated heterocycles. The molecule has 0 aromatic carbocycles. The number of imidazole rings is 2. The van der Waals surface area contributed by atoms with Gasteiger partial charge in [-0.1, -0.05) is 24.5 Å². The highest BCUT2D eigenvalue weighted by Crippen LogP contribution is 2.70. The van der Waals surface area contributed by atoms with E-state index >= 15 is 0 Å². The van der Waals surface area contributed by atoms with Crippen LogP contribution in [0.2, 0.25) is 0 Å². The number of thiol groups is 2. The van der Waals surface area contributed by atoms with Crippen molar-refractivity contribution in [2.45, 2.75) is 61.4 Å². The van der Waals surface area contributed by atoms with Crippen molar-refractivity contribution in [3.8, 4) is 0 Å². The second-order valence-electron chi connectivity index (χ2n) is 11.9. The van der Waals surface area contributed by atoms with Gasteiger partial charge in [0.05, 0.1) is 37.4 Å². The number of aliphatic hydroxyl groups excluding tert-OH is 1. The number of aliphatic hydroxyl groups is 1. The number of nitrogens with zero attached hydrogens (tertiary/aromatic N) is 8. The molecule has 11 atom stereocenters. The number of ether oxygens (including phenoxy) is 3. The van der Waals surface area contributed by atoms with Gasteiger partial charge in [0.1, 0.15) is 53.7 Å². The maximum Gasteiger partial charge on any atom is 0.386 e. The van der Waals surface area contributed by atoms with Crippen molar-refractivity contribution in [1.29, 1.82) is 0 Å². The quantitative estimate of drug-likeness (QED) is 0.0982. The van der Waals surface area contributed by atoms with Crippen molar-refractivity contribution in [2.75, 3.05) is 24.7 Å². The fourth-order valence-corrected chi connectivity index (χ4v) is 9.21. The Labute approximate surface area is 274 Å². The summed E-state index contributed by atoms with van der Waals surface area (Å²) in [5.74, 6) is 0.183. The first-order valence-corrected chi connectivity index (χ1v) is 19.5. The standard InChI is InChI=1S/C23H28N10O10P2S2/c1-22-3-23(15(22)14(41-22)21(42-23)33-8-31-11-17(25)27-6-29-19(11)33)4-39-45(37,47)43-13-12(34)9(2-38-44(35,36)46)40-20(13)32-7-30-10-16(24)26-5-28-18(10)32/h5-9,12-15,20-21,34H,2-4H2,1H3,(H,37,47)(H2,24,26,28)(H2,25,27,29)(H2,35,36,46)/t9-,12-,13-,14-,15-,20-,21-,22+,23-,45-/m1/s1. The van der Waals surface area contributed by atoms with Crippen molar-refractivity contribution < 1.29 is 46.9 Å². The molecule has 20 nitrogen and oxygen atoms in total. The van der Waals surface area contributed by atoms with Gasteiger partial charge in [0.25, 0.3) is 0 Å². The van der Waals surface area contributed by atoms with E-state index in [1.807, 2.05) is 6.92 Å². The Morgan fingerprint density at radius 1 is 0.979 bits per heavy atom. The molecule has 252 valence electrons. The fraction of sp³-hybridized carbons (Fsp3) is 0.565. The van der Waals surface area contributed by atoms with E-state index in [0.29, 0.717) is 17.6 Å². The Morgan fingerprint density at radius 2 is 1.60 bits per heavy atom. The van der Waals surface area contributed by atoms with Crippen LogP contribution in [-0.2, 0) is 36.9 Å². The summed E-state index contributed by atoms with van der Waals surface area (Å²) in [6.07, 6.45) is -0.594. The normalized spacial score (nSPS) is 36.9. The lowest BCUT2D eigenvalue weighted by Gasteiger charge is -2.64. The molecule has 4 aliphatic rings. The van der Waals surface area contributed by atoms with Gasteiger partial charge < -0.3 is 35.7 Å². The minimum absolute atomic E-state index is 0.0867. The molecule has 0 unspecified atom stereocenters. The number of fused-ring (bicyclic) bond motifs is 2. The van der Waals surface area contributed by atoms with Gasteiger partial charge in [-0.2, -0.15) is 0 Å². The lowest BCUT2D eigenvalue weighted by Crippen LogP contribution is -2.75. The Hall–Kier alpha value is -2.46. The van der Waals surface area contributed by atoms with Gasteiger partial charge in [0, 0.05) is 6.42 Å². The Bertz CT molecular complexity index is 2000. The van der Waals surface area contributed by atoms with E-state index in [1.54, 1.807) is 10.9 Å². The molecule has 47 heavy (non-hydrogen) atoms. The molecular formula is C23H28N10O10P2S2. The highest BCUT2D eigenvalue weighted by Gasteiger charge is 2.80. The van der Waals surface area contributed by atoms with E-state index in [9.17, 15) is 19.1 Å². The second kappa shape index (κ2) is 10.8. The first-order chi connectivity index (χ1) is 22.2. The first kappa shape index (κ1) is 31.8. The van der Waals surface area contributed by atoms with Gasteiger partial charge in [-0.05, 0) is 6.92 Å². The molecule has 1 saturated carbocycles. The van der Waals surface area contributed by atoms with Gasteiger partial charge in [-0.15, -0.1) is 0 Å². The summed E-state index contributed by atoms with van der Waals surface area (Å²) >= 11 is 7.74. The summed E-state index contributed by atoms with van der Waals surface area (Å²) in [6.45, 7) is -7.31. The third-order valence-electron chi connectivity index (χ3n) is 9.01. The number of anilines is 2. The van der Waals surface area contributed by atoms with Gasteiger partial charge in [-0.25, -0.2) is 39.0 Å². The zero-order valence-corrected chi connectivity index (χ0v) is 27.7. The summed E-state index contributed by atoms with van der Waals surface area (Å²) in [4.78, 5) is 34.5. The molecule has 0 bridgehead atoms. The Kier molecular flexibility index (Phi) is 7.28. The van der Waals surface area contributed by atoms with Crippen LogP contribution >= 0.6 is 38.1 Å². The van der Waals surface area contributed by atoms with Crippen LogP contribution in [0.15, 0.2) is 25.3 Å². The average Bonchev–Trinajstić information content (AvgIpc) is 3.71. The van der Waals surface area contributed by atoms with Gasteiger partial charge in [0.2, 0.25) is 0 Å². The molecule has 4 aromatic heterocycles. The van der Waals surface area contributed by atoms with E-state index in [0.717, 1.165) is 0 Å². The van der Waals surface area contributed by atoms with E-state index in [1.165, 1.54) is 23.5 Å². The van der Waals surface area contributed by atoms with Crippen LogP contribution in [0, 0.1) is 5.92 Å². The van der Waals surface area contributed by atoms with E-state index in [4.69, 9.17) is 39.2 Å². The van der Waals surface area contributed by atoms with Gasteiger partial charge in [-0.3, -0.25) is 22.7 Å². The van der Waals surface area contributed by atoms with Crippen molar-refractivity contribution >= 4 is 72.1 Å². The minimum Gasteiger partial charge on any atom is -0.387 e. The fourth-order valence-electron chi connectivity index (χ4n) is 7.19. The number of rotatable bonds is 10. The minimum atomic E-state index is -4.28. The molecule has 4 aromatic rings. The van der Waals surface area contributed by atoms with Crippen molar-refractivity contribution in [2.24, 2.45) is 5.92 Å². The van der Waals surface area contributed by atoms with Crippen molar-refractivity contribution in [3.63, 3.8) is 0 Å². The van der Waals surface area contributed by atoms with E-state index < -0.39 is 62.2 Å². The molecule has 7 heterocycles. The van der Waals surface area contributed by atoms with Crippen LogP contribution in [0.4, 0.5) is 11.6 Å². The predicted molar refractivity (Wildman–Crippen MR) is 166 cm³/mol. The van der Waals surface area contributed by atoms with Crippen molar-refractivity contribution in [1.82, 2.24) is 39.0 Å². The topological polar surface area (TPSA) is 269 Å². The summed E-state index contributed by atoms with van der Waals surface area (Å²) in [7, 11) is 0. The van der Waals surface area contributed by atoms with Crippen LogP contribution in [0.3, 0.4) is 0 Å². The molecule has 0 amide bonds. The van der Waals surface area contributed by atoms with Gasteiger partial charge in [0.15, 0.2) is 35.4 Å². The van der Waals surface area contributed by atoms with Crippen LogP contribution in [-0.4, -0.2) is 97.9 Å². The lowest BCUT2D eigenvalue weighted by molar-refractivity contribution is -0.334. The molecule has 24 heteroatoms. The second-order valence-corrected chi connectivity index (χ2v) is 17.6.